The van der Waals surface area contributed by atoms with Gasteiger partial charge in [0.2, 0.25) is 0 Å². The van der Waals surface area contributed by atoms with E-state index in [1.807, 2.05) is 0 Å². The van der Waals surface area contributed by atoms with Gasteiger partial charge in [-0.15, -0.1) is 11.8 Å². The summed E-state index contributed by atoms with van der Waals surface area (Å²) in [6.07, 6.45) is 4.26. The molecule has 0 bridgehead atoms. The van der Waals surface area contributed by atoms with Gasteiger partial charge in [-0.3, -0.25) is 4.79 Å². The zero-order chi connectivity index (χ0) is 14.8. The molecule has 3 nitrogen and oxygen atoms in total. The highest BCUT2D eigenvalue weighted by Gasteiger charge is 2.31. The Morgan fingerprint density at radius 2 is 2.15 bits per heavy atom. The predicted molar refractivity (Wildman–Crippen MR) is 83.0 cm³/mol. The molecule has 4 heteroatoms. The van der Waals surface area contributed by atoms with Crippen LogP contribution in [0.15, 0.2) is 23.1 Å². The van der Waals surface area contributed by atoms with Crippen molar-refractivity contribution in [3.8, 4) is 0 Å². The Morgan fingerprint density at radius 1 is 1.45 bits per heavy atom. The molecular formula is C16H23NO2S. The topological polar surface area (TPSA) is 52.3 Å². The molecular weight excluding hydrogens is 270 g/mol. The third-order valence-electron chi connectivity index (χ3n) is 3.77. The molecule has 0 saturated heterocycles. The highest BCUT2D eigenvalue weighted by Crippen LogP contribution is 2.32. The summed E-state index contributed by atoms with van der Waals surface area (Å²) in [6, 6.07) is 6.70. The number of hydrogen-bond donors (Lipinski definition) is 1. The number of hydrogen-bond acceptors (Lipinski definition) is 4. The highest BCUT2D eigenvalue weighted by molar-refractivity contribution is 7.99. The minimum atomic E-state index is -0.919. The van der Waals surface area contributed by atoms with Crippen molar-refractivity contribution in [2.45, 2.75) is 55.2 Å². The number of aryl methyl sites for hydroxylation is 2. The van der Waals surface area contributed by atoms with E-state index >= 15 is 0 Å². The quantitative estimate of drug-likeness (QED) is 0.670. The number of rotatable bonds is 5. The van der Waals surface area contributed by atoms with Crippen LogP contribution in [0.2, 0.25) is 0 Å². The van der Waals surface area contributed by atoms with Crippen LogP contribution in [0.5, 0.6) is 0 Å². The molecule has 0 saturated carbocycles. The second-order valence-electron chi connectivity index (χ2n) is 5.83. The van der Waals surface area contributed by atoms with E-state index in [0.29, 0.717) is 6.42 Å². The Labute approximate surface area is 125 Å². The fraction of sp³-hybridized carbons (Fsp3) is 0.562. The lowest BCUT2D eigenvalue weighted by Crippen LogP contribution is -2.47. The fourth-order valence-corrected chi connectivity index (χ4v) is 4.06. The fourth-order valence-electron chi connectivity index (χ4n) is 2.81. The second kappa shape index (κ2) is 6.19. The lowest BCUT2D eigenvalue weighted by Gasteiger charge is -2.24. The molecule has 1 aliphatic rings. The van der Waals surface area contributed by atoms with E-state index in [-0.39, 0.29) is 11.2 Å². The van der Waals surface area contributed by atoms with E-state index in [0.717, 1.165) is 0 Å². The molecule has 2 rings (SSSR count). The highest BCUT2D eigenvalue weighted by atomic mass is 32.2. The van der Waals surface area contributed by atoms with Gasteiger partial charge in [0.25, 0.3) is 0 Å². The Morgan fingerprint density at radius 3 is 2.85 bits per heavy atom. The molecule has 0 amide bonds. The zero-order valence-electron chi connectivity index (χ0n) is 12.4. The first-order valence-corrected chi connectivity index (χ1v) is 7.96. The van der Waals surface area contributed by atoms with E-state index in [2.05, 4.69) is 25.1 Å². The summed E-state index contributed by atoms with van der Waals surface area (Å²) in [6.45, 7) is 3.84. The number of fused-ring (bicyclic) bond motifs is 1. The maximum absolute atomic E-state index is 11.6. The van der Waals surface area contributed by atoms with Gasteiger partial charge in [-0.05, 0) is 55.9 Å². The number of benzene rings is 1. The van der Waals surface area contributed by atoms with Crippen molar-refractivity contribution in [2.24, 2.45) is 5.73 Å². The molecule has 110 valence electrons. The molecule has 1 aromatic rings. The Bertz CT molecular complexity index is 499. The van der Waals surface area contributed by atoms with Crippen LogP contribution in [0, 0.1) is 0 Å². The minimum absolute atomic E-state index is 0.267. The van der Waals surface area contributed by atoms with Gasteiger partial charge in [-0.2, -0.15) is 0 Å². The maximum Gasteiger partial charge on any atom is 0.325 e. The van der Waals surface area contributed by atoms with Crippen molar-refractivity contribution >= 4 is 17.7 Å². The van der Waals surface area contributed by atoms with E-state index in [1.165, 1.54) is 42.4 Å². The first-order valence-electron chi connectivity index (χ1n) is 7.08. The Hall–Kier alpha value is -1.00. The van der Waals surface area contributed by atoms with Crippen molar-refractivity contribution in [3.05, 3.63) is 29.3 Å². The molecule has 0 radical (unpaired) electrons. The number of ether oxygens (including phenoxy) is 1. The summed E-state index contributed by atoms with van der Waals surface area (Å²) in [5.74, 6) is -0.348. The summed E-state index contributed by atoms with van der Waals surface area (Å²) >= 11 is 1.78. The molecule has 0 fully saturated rings. The molecule has 20 heavy (non-hydrogen) atoms. The zero-order valence-corrected chi connectivity index (χ0v) is 13.3. The monoisotopic (exact) mass is 293 g/mol. The van der Waals surface area contributed by atoms with Gasteiger partial charge in [0.1, 0.15) is 5.54 Å². The van der Waals surface area contributed by atoms with Crippen molar-refractivity contribution in [1.82, 2.24) is 0 Å². The average molecular weight is 293 g/mol. The Balaban J connectivity index is 1.98. The third kappa shape index (κ3) is 3.55. The summed E-state index contributed by atoms with van der Waals surface area (Å²) < 4.78 is 4.75. The largest absolute Gasteiger partial charge is 0.468 e. The SMILES string of the molecule is COC(=O)C(C)(N)CC(C)Sc1ccc2c(c1)CCC2. The average Bonchev–Trinajstić information content (AvgIpc) is 2.84. The van der Waals surface area contributed by atoms with Crippen LogP contribution >= 0.6 is 11.8 Å². The van der Waals surface area contributed by atoms with E-state index in [9.17, 15) is 4.79 Å². The molecule has 2 N–H and O–H groups in total. The van der Waals surface area contributed by atoms with Gasteiger partial charge >= 0.3 is 5.97 Å². The van der Waals surface area contributed by atoms with E-state index in [1.54, 1.807) is 18.7 Å². The van der Waals surface area contributed by atoms with Gasteiger partial charge in [-0.25, -0.2) is 0 Å². The molecule has 1 aliphatic carbocycles. The number of nitrogens with two attached hydrogens (primary N) is 1. The predicted octanol–water partition coefficient (Wildman–Crippen LogP) is 2.94. The van der Waals surface area contributed by atoms with E-state index < -0.39 is 5.54 Å². The van der Waals surface area contributed by atoms with Gasteiger partial charge < -0.3 is 10.5 Å². The maximum atomic E-state index is 11.6. The second-order valence-corrected chi connectivity index (χ2v) is 7.34. The van der Waals surface area contributed by atoms with Crippen molar-refractivity contribution in [3.63, 3.8) is 0 Å². The third-order valence-corrected chi connectivity index (χ3v) is 4.87. The molecule has 0 heterocycles. The van der Waals surface area contributed by atoms with Crippen LogP contribution < -0.4 is 5.73 Å². The van der Waals surface area contributed by atoms with Crippen LogP contribution in [-0.4, -0.2) is 23.9 Å². The van der Waals surface area contributed by atoms with Crippen molar-refractivity contribution in [2.75, 3.05) is 7.11 Å². The standard InChI is InChI=1S/C16H23NO2S/c1-11(10-16(2,17)15(18)19-3)20-14-8-7-12-5-4-6-13(12)9-14/h7-9,11H,4-6,10,17H2,1-3H3. The van der Waals surface area contributed by atoms with Gasteiger partial charge in [0.05, 0.1) is 7.11 Å². The van der Waals surface area contributed by atoms with Gasteiger partial charge in [-0.1, -0.05) is 13.0 Å². The smallest absolute Gasteiger partial charge is 0.325 e. The first-order chi connectivity index (χ1) is 9.42. The molecule has 2 unspecified atom stereocenters. The first kappa shape index (κ1) is 15.4. The molecule has 0 aliphatic heterocycles. The van der Waals surface area contributed by atoms with Crippen LogP contribution in [0.3, 0.4) is 0 Å². The molecule has 0 aromatic heterocycles. The van der Waals surface area contributed by atoms with Crippen LogP contribution in [0.25, 0.3) is 0 Å². The number of carbonyl (C=O) groups excluding carboxylic acids is 1. The Kier molecular flexibility index (Phi) is 4.76. The number of carbonyl (C=O) groups is 1. The summed E-state index contributed by atoms with van der Waals surface area (Å²) in [5.41, 5.74) is 8.07. The lowest BCUT2D eigenvalue weighted by atomic mass is 9.98. The van der Waals surface area contributed by atoms with Gasteiger partial charge in [0.15, 0.2) is 0 Å². The summed E-state index contributed by atoms with van der Waals surface area (Å²) in [4.78, 5) is 12.9. The van der Waals surface area contributed by atoms with Gasteiger partial charge in [0, 0.05) is 10.1 Å². The normalized spacial score (nSPS) is 18.2. The van der Waals surface area contributed by atoms with Crippen LogP contribution in [-0.2, 0) is 22.4 Å². The number of esters is 1. The van der Waals surface area contributed by atoms with Crippen molar-refractivity contribution in [1.29, 1.82) is 0 Å². The number of methoxy groups -OCH3 is 1. The summed E-state index contributed by atoms with van der Waals surface area (Å²) in [7, 11) is 1.38. The molecule has 0 spiro atoms. The van der Waals surface area contributed by atoms with E-state index in [4.69, 9.17) is 10.5 Å². The van der Waals surface area contributed by atoms with Crippen LogP contribution in [0.1, 0.15) is 37.8 Å². The van der Waals surface area contributed by atoms with Crippen LogP contribution in [0.4, 0.5) is 0 Å². The number of thioether (sulfide) groups is 1. The molecule has 2 atom stereocenters. The van der Waals surface area contributed by atoms with Crippen molar-refractivity contribution < 1.29 is 9.53 Å². The molecule has 1 aromatic carbocycles. The minimum Gasteiger partial charge on any atom is -0.468 e. The lowest BCUT2D eigenvalue weighted by molar-refractivity contribution is -0.146. The summed E-state index contributed by atoms with van der Waals surface area (Å²) in [5, 5.41) is 0.267.